The Labute approximate surface area is 169 Å². The van der Waals surface area contributed by atoms with Gasteiger partial charge < -0.3 is 14.8 Å². The summed E-state index contributed by atoms with van der Waals surface area (Å²) in [6, 6.07) is 6.63. The highest BCUT2D eigenvalue weighted by Gasteiger charge is 2.43. The van der Waals surface area contributed by atoms with E-state index >= 15 is 0 Å². The number of aryl methyl sites for hydroxylation is 1. The summed E-state index contributed by atoms with van der Waals surface area (Å²) in [7, 11) is 0. The number of carbonyl (C=O) groups excluding carboxylic acids is 1. The zero-order chi connectivity index (χ0) is 19.9. The molecule has 2 fully saturated rings. The second kappa shape index (κ2) is 7.27. The van der Waals surface area contributed by atoms with Crippen molar-refractivity contribution in [1.82, 2.24) is 5.32 Å². The average molecular weight is 386 g/mol. The molecule has 2 unspecified atom stereocenters. The molecule has 154 valence electrons. The van der Waals surface area contributed by atoms with Gasteiger partial charge in [0.1, 0.15) is 12.4 Å². The Morgan fingerprint density at radius 3 is 2.50 bits per heavy atom. The predicted molar refractivity (Wildman–Crippen MR) is 111 cm³/mol. The Morgan fingerprint density at radius 1 is 1.11 bits per heavy atom. The van der Waals surface area contributed by atoms with Gasteiger partial charge in [0.25, 0.3) is 0 Å². The van der Waals surface area contributed by atoms with Gasteiger partial charge in [-0.25, -0.2) is 4.79 Å². The summed E-state index contributed by atoms with van der Waals surface area (Å²) in [4.78, 5) is 11.5. The summed E-state index contributed by atoms with van der Waals surface area (Å²) in [5, 5.41) is 3.02. The summed E-state index contributed by atoms with van der Waals surface area (Å²) in [6.45, 7) is 9.67. The standard InChI is InChI=1S/C24H35NO3/c1-23(2,3)18-8-11-20(12-9-18)28-21-10-6-16-13-19(7-5-17(16)14-21)24(4)15-27-22(26)25-24/h6,10,14,18-20H,5,7-9,11-13,15H2,1-4H3,(H,25,26). The fourth-order valence-electron chi connectivity index (χ4n) is 5.33. The Kier molecular flexibility index (Phi) is 5.09. The van der Waals surface area contributed by atoms with Crippen molar-refractivity contribution in [3.05, 3.63) is 29.3 Å². The van der Waals surface area contributed by atoms with Crippen LogP contribution in [0, 0.1) is 17.3 Å². The lowest BCUT2D eigenvalue weighted by molar-refractivity contribution is 0.0881. The third-order valence-electron chi connectivity index (χ3n) is 7.40. The SMILES string of the molecule is CC(C)(C)C1CCC(Oc2ccc3c(c2)CCC(C2(C)COC(=O)N2)C3)CC1. The molecular formula is C24H35NO3. The van der Waals surface area contributed by atoms with E-state index in [-0.39, 0.29) is 11.6 Å². The van der Waals surface area contributed by atoms with Gasteiger partial charge in [-0.1, -0.05) is 26.8 Å². The quantitative estimate of drug-likeness (QED) is 0.771. The first-order valence-corrected chi connectivity index (χ1v) is 11.0. The van der Waals surface area contributed by atoms with E-state index in [1.54, 1.807) is 0 Å². The van der Waals surface area contributed by atoms with Crippen LogP contribution in [0.2, 0.25) is 0 Å². The molecule has 0 radical (unpaired) electrons. The average Bonchev–Trinajstić information content (AvgIpc) is 3.01. The second-order valence-electron chi connectivity index (χ2n) is 10.4. The summed E-state index contributed by atoms with van der Waals surface area (Å²) in [6.07, 6.45) is 8.06. The predicted octanol–water partition coefficient (Wildman–Crippen LogP) is 5.27. The van der Waals surface area contributed by atoms with Crippen molar-refractivity contribution in [3.63, 3.8) is 0 Å². The molecule has 4 rings (SSSR count). The van der Waals surface area contributed by atoms with Gasteiger partial charge in [-0.2, -0.15) is 0 Å². The summed E-state index contributed by atoms with van der Waals surface area (Å²) >= 11 is 0. The van der Waals surface area contributed by atoms with Gasteiger partial charge >= 0.3 is 6.09 Å². The molecule has 2 aliphatic carbocycles. The van der Waals surface area contributed by atoms with Crippen LogP contribution >= 0.6 is 0 Å². The highest BCUT2D eigenvalue weighted by Crippen LogP contribution is 2.40. The fraction of sp³-hybridized carbons (Fsp3) is 0.708. The molecule has 1 heterocycles. The van der Waals surface area contributed by atoms with Crippen molar-refractivity contribution in [2.75, 3.05) is 6.61 Å². The largest absolute Gasteiger partial charge is 0.490 e. The highest BCUT2D eigenvalue weighted by molar-refractivity contribution is 5.70. The molecule has 1 amide bonds. The molecule has 1 aliphatic heterocycles. The minimum atomic E-state index is -0.279. The molecular weight excluding hydrogens is 350 g/mol. The van der Waals surface area contributed by atoms with Gasteiger partial charge in [-0.3, -0.25) is 0 Å². The van der Waals surface area contributed by atoms with E-state index in [1.165, 1.54) is 36.8 Å². The molecule has 0 bridgehead atoms. The topological polar surface area (TPSA) is 47.6 Å². The normalized spacial score (nSPS) is 33.0. The van der Waals surface area contributed by atoms with Crippen molar-refractivity contribution in [1.29, 1.82) is 0 Å². The van der Waals surface area contributed by atoms with Crippen LogP contribution in [0.1, 0.15) is 70.9 Å². The number of benzene rings is 1. The molecule has 0 spiro atoms. The molecule has 28 heavy (non-hydrogen) atoms. The number of cyclic esters (lactones) is 1. The second-order valence-corrected chi connectivity index (χ2v) is 10.4. The van der Waals surface area contributed by atoms with Crippen LogP contribution in [0.4, 0.5) is 4.79 Å². The van der Waals surface area contributed by atoms with Gasteiger partial charge in [0.05, 0.1) is 11.6 Å². The van der Waals surface area contributed by atoms with Crippen LogP contribution in [0.25, 0.3) is 0 Å². The number of ether oxygens (including phenoxy) is 2. The maximum absolute atomic E-state index is 11.5. The molecule has 1 saturated heterocycles. The van der Waals surface area contributed by atoms with Crippen LogP contribution in [0.15, 0.2) is 18.2 Å². The number of hydrogen-bond acceptors (Lipinski definition) is 3. The van der Waals surface area contributed by atoms with Gasteiger partial charge in [0, 0.05) is 0 Å². The third-order valence-corrected chi connectivity index (χ3v) is 7.40. The first-order valence-electron chi connectivity index (χ1n) is 11.0. The van der Waals surface area contributed by atoms with Crippen molar-refractivity contribution in [2.45, 2.75) is 84.3 Å². The van der Waals surface area contributed by atoms with Gasteiger partial charge in [0.15, 0.2) is 0 Å². The van der Waals surface area contributed by atoms with Gasteiger partial charge in [-0.05, 0) is 92.4 Å². The van der Waals surface area contributed by atoms with E-state index in [4.69, 9.17) is 9.47 Å². The first kappa shape index (κ1) is 19.6. The van der Waals surface area contributed by atoms with Crippen LogP contribution in [-0.4, -0.2) is 24.3 Å². The number of fused-ring (bicyclic) bond motifs is 1. The molecule has 4 nitrogen and oxygen atoms in total. The van der Waals surface area contributed by atoms with Crippen LogP contribution in [-0.2, 0) is 17.6 Å². The fourth-order valence-corrected chi connectivity index (χ4v) is 5.33. The van der Waals surface area contributed by atoms with E-state index in [0.717, 1.165) is 30.9 Å². The van der Waals surface area contributed by atoms with Gasteiger partial charge in [-0.15, -0.1) is 0 Å². The zero-order valence-corrected chi connectivity index (χ0v) is 17.8. The monoisotopic (exact) mass is 385 g/mol. The summed E-state index contributed by atoms with van der Waals surface area (Å²) < 4.78 is 11.5. The van der Waals surface area contributed by atoms with E-state index < -0.39 is 0 Å². The van der Waals surface area contributed by atoms with E-state index in [0.29, 0.717) is 24.0 Å². The maximum atomic E-state index is 11.5. The molecule has 1 N–H and O–H groups in total. The van der Waals surface area contributed by atoms with Crippen molar-refractivity contribution in [3.8, 4) is 5.75 Å². The minimum absolute atomic E-state index is 0.240. The number of amides is 1. The maximum Gasteiger partial charge on any atom is 0.407 e. The molecule has 1 saturated carbocycles. The van der Waals surface area contributed by atoms with Crippen LogP contribution in [0.5, 0.6) is 5.75 Å². The molecule has 3 aliphatic rings. The number of rotatable bonds is 3. The van der Waals surface area contributed by atoms with Crippen molar-refractivity contribution in [2.24, 2.45) is 17.3 Å². The van der Waals surface area contributed by atoms with Crippen molar-refractivity contribution < 1.29 is 14.3 Å². The lowest BCUT2D eigenvalue weighted by Gasteiger charge is -2.37. The van der Waals surface area contributed by atoms with Gasteiger partial charge in [0.2, 0.25) is 0 Å². The number of hydrogen-bond donors (Lipinski definition) is 1. The molecule has 0 aromatic heterocycles. The highest BCUT2D eigenvalue weighted by atomic mass is 16.6. The first-order chi connectivity index (χ1) is 13.2. The number of carbonyl (C=O) groups is 1. The number of nitrogens with one attached hydrogen (secondary N) is 1. The number of alkyl carbamates (subject to hydrolysis) is 1. The smallest absolute Gasteiger partial charge is 0.407 e. The zero-order valence-electron chi connectivity index (χ0n) is 17.8. The Morgan fingerprint density at radius 2 is 1.86 bits per heavy atom. The molecule has 1 aromatic rings. The summed E-state index contributed by atoms with van der Waals surface area (Å²) in [5.74, 6) is 2.26. The van der Waals surface area contributed by atoms with Crippen LogP contribution < -0.4 is 10.1 Å². The Bertz CT molecular complexity index is 730. The third kappa shape index (κ3) is 4.01. The molecule has 2 atom stereocenters. The minimum Gasteiger partial charge on any atom is -0.490 e. The lowest BCUT2D eigenvalue weighted by Crippen LogP contribution is -2.49. The lowest BCUT2D eigenvalue weighted by atomic mass is 9.72. The van der Waals surface area contributed by atoms with E-state index in [2.05, 4.69) is 51.2 Å². The van der Waals surface area contributed by atoms with E-state index in [1.807, 2.05) is 0 Å². The van der Waals surface area contributed by atoms with Crippen LogP contribution in [0.3, 0.4) is 0 Å². The molecule has 1 aromatic carbocycles. The summed E-state index contributed by atoms with van der Waals surface area (Å²) in [5.41, 5.74) is 2.97. The van der Waals surface area contributed by atoms with Crippen molar-refractivity contribution >= 4 is 6.09 Å². The van der Waals surface area contributed by atoms with E-state index in [9.17, 15) is 4.79 Å². The molecule has 4 heteroatoms. The Hall–Kier alpha value is -1.71. The Balaban J connectivity index is 1.36.